The number of alkyl halides is 1. The monoisotopic (exact) mass is 163 g/mol. The molecule has 1 radical (unpaired) electrons. The molecule has 2 rings (SSSR count). The van der Waals surface area contributed by atoms with E-state index in [2.05, 4.69) is 24.3 Å². The minimum Gasteiger partial charge on any atom is -0.126 e. The quantitative estimate of drug-likeness (QED) is 0.559. The molecule has 0 saturated heterocycles. The second-order valence-corrected chi connectivity index (χ2v) is 2.97. The van der Waals surface area contributed by atoms with Gasteiger partial charge in [-0.1, -0.05) is 30.4 Å². The van der Waals surface area contributed by atoms with Crippen molar-refractivity contribution in [3.05, 3.63) is 41.5 Å². The van der Waals surface area contributed by atoms with Gasteiger partial charge in [-0.3, -0.25) is 0 Å². The summed E-state index contributed by atoms with van der Waals surface area (Å²) in [7, 11) is 0. The normalized spacial score (nSPS) is 20.3. The highest BCUT2D eigenvalue weighted by molar-refractivity contribution is 6.18. The number of benzene rings is 1. The Labute approximate surface area is 71.5 Å². The first-order valence-corrected chi connectivity index (χ1v) is 4.20. The third-order valence-corrected chi connectivity index (χ3v) is 2.30. The van der Waals surface area contributed by atoms with Crippen LogP contribution in [0.5, 0.6) is 0 Å². The van der Waals surface area contributed by atoms with Crippen molar-refractivity contribution in [1.29, 1.82) is 0 Å². The summed E-state index contributed by atoms with van der Waals surface area (Å²) in [6.07, 6.45) is 4.24. The Hall–Kier alpha value is -0.750. The summed E-state index contributed by atoms with van der Waals surface area (Å²) in [5, 5.41) is 0. The zero-order chi connectivity index (χ0) is 7.68. The van der Waals surface area contributed by atoms with E-state index >= 15 is 0 Å². The molecule has 55 valence electrons. The molecule has 1 aliphatic carbocycles. The fraction of sp³-hybridized carbons (Fsp3) is 0.200. The van der Waals surface area contributed by atoms with Crippen LogP contribution in [0.1, 0.15) is 17.0 Å². The van der Waals surface area contributed by atoms with Gasteiger partial charge in [0, 0.05) is 11.8 Å². The molecular weight excluding hydrogens is 156 g/mol. The third-order valence-electron chi connectivity index (χ3n) is 1.97. The maximum absolute atomic E-state index is 5.76. The maximum atomic E-state index is 5.76. The average molecular weight is 164 g/mol. The molecule has 0 spiro atoms. The van der Waals surface area contributed by atoms with Crippen LogP contribution in [0, 0.1) is 6.07 Å². The molecule has 1 atom stereocenters. The lowest BCUT2D eigenvalue weighted by atomic mass is 10.0. The first-order valence-electron chi connectivity index (χ1n) is 3.66. The summed E-state index contributed by atoms with van der Waals surface area (Å²) < 4.78 is 0. The predicted molar refractivity (Wildman–Crippen MR) is 47.8 cm³/mol. The molecule has 1 aromatic carbocycles. The van der Waals surface area contributed by atoms with E-state index in [0.717, 1.165) is 0 Å². The summed E-state index contributed by atoms with van der Waals surface area (Å²) in [5.74, 6) is 1.04. The molecule has 1 unspecified atom stereocenters. The smallest absolute Gasteiger partial charge is 0.0327 e. The number of rotatable bonds is 1. The molecule has 0 nitrogen and oxygen atoms in total. The fourth-order valence-corrected chi connectivity index (χ4v) is 1.63. The van der Waals surface area contributed by atoms with E-state index in [1.54, 1.807) is 0 Å². The summed E-state index contributed by atoms with van der Waals surface area (Å²) in [5.41, 5.74) is 2.50. The van der Waals surface area contributed by atoms with E-state index in [0.29, 0.717) is 11.8 Å². The highest BCUT2D eigenvalue weighted by Gasteiger charge is 2.14. The van der Waals surface area contributed by atoms with Crippen LogP contribution in [-0.2, 0) is 0 Å². The van der Waals surface area contributed by atoms with Crippen molar-refractivity contribution >= 4 is 17.7 Å². The molecule has 0 amide bonds. The Morgan fingerprint density at radius 3 is 3.27 bits per heavy atom. The zero-order valence-corrected chi connectivity index (χ0v) is 6.81. The van der Waals surface area contributed by atoms with Crippen LogP contribution in [0.15, 0.2) is 24.3 Å². The summed E-state index contributed by atoms with van der Waals surface area (Å²) >= 11 is 5.76. The van der Waals surface area contributed by atoms with Crippen LogP contribution in [0.3, 0.4) is 0 Å². The molecule has 1 heteroatoms. The highest BCUT2D eigenvalue weighted by atomic mass is 35.5. The molecule has 0 aliphatic heterocycles. The van der Waals surface area contributed by atoms with Crippen molar-refractivity contribution in [3.63, 3.8) is 0 Å². The SMILES string of the molecule is ClCC1C=Cc2ccc[c]c21. The number of hydrogen-bond donors (Lipinski definition) is 0. The molecular formula is C10H8Cl. The van der Waals surface area contributed by atoms with Crippen molar-refractivity contribution in [1.82, 2.24) is 0 Å². The van der Waals surface area contributed by atoms with Crippen molar-refractivity contribution in [2.24, 2.45) is 0 Å². The van der Waals surface area contributed by atoms with E-state index in [9.17, 15) is 0 Å². The Morgan fingerprint density at radius 2 is 2.45 bits per heavy atom. The molecule has 0 heterocycles. The first kappa shape index (κ1) is 6.93. The van der Waals surface area contributed by atoms with E-state index in [-0.39, 0.29) is 0 Å². The van der Waals surface area contributed by atoms with Crippen molar-refractivity contribution in [3.8, 4) is 0 Å². The molecule has 0 bridgehead atoms. The number of halogens is 1. The number of hydrogen-bond acceptors (Lipinski definition) is 0. The third kappa shape index (κ3) is 1.08. The maximum Gasteiger partial charge on any atom is 0.0327 e. The van der Waals surface area contributed by atoms with Crippen molar-refractivity contribution < 1.29 is 0 Å². The number of fused-ring (bicyclic) bond motifs is 1. The molecule has 0 N–H and O–H groups in total. The van der Waals surface area contributed by atoms with Gasteiger partial charge in [-0.25, -0.2) is 0 Å². The Balaban J connectivity index is 2.46. The van der Waals surface area contributed by atoms with Crippen LogP contribution in [-0.4, -0.2) is 5.88 Å². The average Bonchev–Trinajstić information content (AvgIpc) is 2.47. The van der Waals surface area contributed by atoms with Crippen LogP contribution in [0.4, 0.5) is 0 Å². The van der Waals surface area contributed by atoms with Gasteiger partial charge in [0.1, 0.15) is 0 Å². The van der Waals surface area contributed by atoms with E-state index in [4.69, 9.17) is 11.6 Å². The zero-order valence-electron chi connectivity index (χ0n) is 6.05. The van der Waals surface area contributed by atoms with Crippen molar-refractivity contribution in [2.75, 3.05) is 5.88 Å². The second-order valence-electron chi connectivity index (χ2n) is 2.66. The van der Waals surface area contributed by atoms with Gasteiger partial charge >= 0.3 is 0 Å². The van der Waals surface area contributed by atoms with Gasteiger partial charge in [0.05, 0.1) is 0 Å². The molecule has 11 heavy (non-hydrogen) atoms. The lowest BCUT2D eigenvalue weighted by Crippen LogP contribution is -1.93. The first-order chi connectivity index (χ1) is 5.42. The van der Waals surface area contributed by atoms with Crippen LogP contribution in [0.2, 0.25) is 0 Å². The molecule has 1 aliphatic rings. The Morgan fingerprint density at radius 1 is 1.55 bits per heavy atom. The Bertz CT molecular complexity index is 289. The molecule has 0 saturated carbocycles. The molecule has 0 aromatic heterocycles. The summed E-state index contributed by atoms with van der Waals surface area (Å²) in [6, 6.07) is 9.23. The summed E-state index contributed by atoms with van der Waals surface area (Å²) in [4.78, 5) is 0. The number of allylic oxidation sites excluding steroid dienone is 1. The minimum absolute atomic E-state index is 0.382. The van der Waals surface area contributed by atoms with Gasteiger partial charge in [0.2, 0.25) is 0 Å². The molecule has 1 aromatic rings. The highest BCUT2D eigenvalue weighted by Crippen LogP contribution is 2.29. The van der Waals surface area contributed by atoms with Gasteiger partial charge in [0.25, 0.3) is 0 Å². The largest absolute Gasteiger partial charge is 0.126 e. The lowest BCUT2D eigenvalue weighted by Gasteiger charge is -2.04. The predicted octanol–water partition coefficient (Wildman–Crippen LogP) is 2.84. The minimum atomic E-state index is 0.382. The van der Waals surface area contributed by atoms with Crippen LogP contribution < -0.4 is 0 Å². The topological polar surface area (TPSA) is 0 Å². The van der Waals surface area contributed by atoms with Crippen LogP contribution >= 0.6 is 11.6 Å². The van der Waals surface area contributed by atoms with Crippen molar-refractivity contribution in [2.45, 2.75) is 5.92 Å². The van der Waals surface area contributed by atoms with E-state index in [1.165, 1.54) is 11.1 Å². The lowest BCUT2D eigenvalue weighted by molar-refractivity contribution is 0.997. The van der Waals surface area contributed by atoms with Gasteiger partial charge < -0.3 is 0 Å². The van der Waals surface area contributed by atoms with E-state index in [1.807, 2.05) is 12.1 Å². The standard InChI is InChI=1S/C10H8Cl/c11-7-9-6-5-8-3-1-2-4-10(8)9/h1-3,5-6,9H,7H2. The van der Waals surface area contributed by atoms with Gasteiger partial charge in [0.15, 0.2) is 0 Å². The van der Waals surface area contributed by atoms with E-state index < -0.39 is 0 Å². The van der Waals surface area contributed by atoms with Gasteiger partial charge in [-0.2, -0.15) is 0 Å². The molecule has 0 fully saturated rings. The van der Waals surface area contributed by atoms with Gasteiger partial charge in [-0.05, 0) is 17.2 Å². The fourth-order valence-electron chi connectivity index (χ4n) is 1.37. The summed E-state index contributed by atoms with van der Waals surface area (Å²) in [6.45, 7) is 0. The Kier molecular flexibility index (Phi) is 1.71. The second kappa shape index (κ2) is 2.71. The van der Waals surface area contributed by atoms with Crippen LogP contribution in [0.25, 0.3) is 6.08 Å². The van der Waals surface area contributed by atoms with Gasteiger partial charge in [-0.15, -0.1) is 11.6 Å².